The summed E-state index contributed by atoms with van der Waals surface area (Å²) in [5.41, 5.74) is 7.67. The second-order valence-electron chi connectivity index (χ2n) is 4.11. The summed E-state index contributed by atoms with van der Waals surface area (Å²) in [4.78, 5) is 0. The predicted octanol–water partition coefficient (Wildman–Crippen LogP) is 3.59. The molecule has 15 heavy (non-hydrogen) atoms. The van der Waals surface area contributed by atoms with Crippen LogP contribution in [0, 0.1) is 0 Å². The molecule has 0 aromatic heterocycles. The third-order valence-corrected chi connectivity index (χ3v) is 3.12. The third kappa shape index (κ3) is 3.40. The average Bonchev–Trinajstić information content (AvgIpc) is 2.30. The third-order valence-electron chi connectivity index (χ3n) is 2.87. The molecule has 1 aromatic carbocycles. The van der Waals surface area contributed by atoms with E-state index in [1.54, 1.807) is 0 Å². The first-order valence-electron chi connectivity index (χ1n) is 5.62. The quantitative estimate of drug-likeness (QED) is 0.767. The van der Waals surface area contributed by atoms with Gasteiger partial charge in [-0.15, -0.1) is 0 Å². The topological polar surface area (TPSA) is 24.1 Å². The van der Waals surface area contributed by atoms with Gasteiger partial charge in [-0.25, -0.2) is 5.43 Å². The molecule has 0 aliphatic heterocycles. The first kappa shape index (κ1) is 10.8. The Hall–Kier alpha value is -0.730. The predicted molar refractivity (Wildman–Crippen MR) is 65.1 cm³/mol. The van der Waals surface area contributed by atoms with Gasteiger partial charge in [0.05, 0.1) is 0 Å². The Morgan fingerprint density at radius 1 is 1.00 bits per heavy atom. The minimum absolute atomic E-state index is 0.620. The molecule has 82 valence electrons. The number of halogens is 1. The van der Waals surface area contributed by atoms with Gasteiger partial charge in [-0.3, -0.25) is 0 Å². The molecule has 3 heteroatoms. The summed E-state index contributed by atoms with van der Waals surface area (Å²) in [5.74, 6) is 0. The summed E-state index contributed by atoms with van der Waals surface area (Å²) >= 11 is 5.81. The minimum Gasteiger partial charge on any atom is -0.321 e. The normalized spacial score (nSPS) is 17.7. The lowest BCUT2D eigenvalue weighted by atomic mass is 9.96. The van der Waals surface area contributed by atoms with E-state index in [9.17, 15) is 0 Å². The van der Waals surface area contributed by atoms with Crippen molar-refractivity contribution in [2.75, 3.05) is 5.43 Å². The summed E-state index contributed by atoms with van der Waals surface area (Å²) in [5, 5.41) is 0.776. The van der Waals surface area contributed by atoms with Gasteiger partial charge in [-0.05, 0) is 37.1 Å². The summed E-state index contributed by atoms with van der Waals surface area (Å²) in [6.07, 6.45) is 6.64. The van der Waals surface area contributed by atoms with E-state index in [1.807, 2.05) is 24.3 Å². The van der Waals surface area contributed by atoms with Gasteiger partial charge in [0.25, 0.3) is 0 Å². The van der Waals surface area contributed by atoms with Crippen molar-refractivity contribution in [1.82, 2.24) is 5.43 Å². The lowest BCUT2D eigenvalue weighted by Gasteiger charge is -2.23. The molecule has 0 unspecified atom stereocenters. The van der Waals surface area contributed by atoms with Crippen molar-refractivity contribution < 1.29 is 0 Å². The SMILES string of the molecule is Clc1ccc(NNC2CCCCC2)cc1. The minimum atomic E-state index is 0.620. The molecule has 2 rings (SSSR count). The largest absolute Gasteiger partial charge is 0.321 e. The van der Waals surface area contributed by atoms with Crippen LogP contribution in [0.1, 0.15) is 32.1 Å². The molecule has 1 aromatic rings. The molecule has 0 spiro atoms. The van der Waals surface area contributed by atoms with Crippen molar-refractivity contribution in [1.29, 1.82) is 0 Å². The fraction of sp³-hybridized carbons (Fsp3) is 0.500. The van der Waals surface area contributed by atoms with Crippen LogP contribution in [-0.2, 0) is 0 Å². The smallest absolute Gasteiger partial charge is 0.0488 e. The zero-order valence-electron chi connectivity index (χ0n) is 8.80. The summed E-state index contributed by atoms with van der Waals surface area (Å²) < 4.78 is 0. The first-order valence-corrected chi connectivity index (χ1v) is 5.99. The van der Waals surface area contributed by atoms with Gasteiger partial charge in [-0.2, -0.15) is 0 Å². The fourth-order valence-corrected chi connectivity index (χ4v) is 2.09. The second-order valence-corrected chi connectivity index (χ2v) is 4.55. The molecular formula is C12H17ClN2. The number of anilines is 1. The van der Waals surface area contributed by atoms with Gasteiger partial charge in [0.1, 0.15) is 0 Å². The van der Waals surface area contributed by atoms with E-state index in [-0.39, 0.29) is 0 Å². The van der Waals surface area contributed by atoms with E-state index in [2.05, 4.69) is 10.9 Å². The van der Waals surface area contributed by atoms with E-state index in [0.29, 0.717) is 6.04 Å². The summed E-state index contributed by atoms with van der Waals surface area (Å²) in [6, 6.07) is 8.38. The lowest BCUT2D eigenvalue weighted by Crippen LogP contribution is -2.35. The molecule has 1 aliphatic carbocycles. The molecule has 2 N–H and O–H groups in total. The van der Waals surface area contributed by atoms with Crippen LogP contribution in [0.25, 0.3) is 0 Å². The monoisotopic (exact) mass is 224 g/mol. The van der Waals surface area contributed by atoms with Gasteiger partial charge in [0.2, 0.25) is 0 Å². The zero-order valence-corrected chi connectivity index (χ0v) is 9.56. The van der Waals surface area contributed by atoms with E-state index in [1.165, 1.54) is 32.1 Å². The number of hydrazine groups is 1. The Kier molecular flexibility index (Phi) is 3.87. The number of hydrogen-bond acceptors (Lipinski definition) is 2. The van der Waals surface area contributed by atoms with Crippen LogP contribution in [0.3, 0.4) is 0 Å². The van der Waals surface area contributed by atoms with Crippen LogP contribution < -0.4 is 10.9 Å². The van der Waals surface area contributed by atoms with Crippen molar-refractivity contribution in [3.8, 4) is 0 Å². The zero-order chi connectivity index (χ0) is 10.5. The highest BCUT2D eigenvalue weighted by molar-refractivity contribution is 6.30. The average molecular weight is 225 g/mol. The molecule has 1 aliphatic rings. The van der Waals surface area contributed by atoms with E-state index in [0.717, 1.165) is 10.7 Å². The lowest BCUT2D eigenvalue weighted by molar-refractivity contribution is 0.393. The Morgan fingerprint density at radius 3 is 2.33 bits per heavy atom. The Bertz CT molecular complexity index is 291. The Balaban J connectivity index is 1.79. The second kappa shape index (κ2) is 5.38. The highest BCUT2D eigenvalue weighted by atomic mass is 35.5. The number of nitrogens with one attached hydrogen (secondary N) is 2. The van der Waals surface area contributed by atoms with Gasteiger partial charge in [0.15, 0.2) is 0 Å². The molecule has 0 amide bonds. The van der Waals surface area contributed by atoms with Gasteiger partial charge in [-0.1, -0.05) is 30.9 Å². The van der Waals surface area contributed by atoms with Crippen molar-refractivity contribution >= 4 is 17.3 Å². The van der Waals surface area contributed by atoms with Crippen molar-refractivity contribution in [2.24, 2.45) is 0 Å². The van der Waals surface area contributed by atoms with Gasteiger partial charge < -0.3 is 5.43 Å². The fourth-order valence-electron chi connectivity index (χ4n) is 1.97. The number of benzene rings is 1. The number of hydrogen-bond donors (Lipinski definition) is 2. The van der Waals surface area contributed by atoms with E-state index in [4.69, 9.17) is 11.6 Å². The molecule has 0 saturated heterocycles. The van der Waals surface area contributed by atoms with Crippen molar-refractivity contribution in [3.05, 3.63) is 29.3 Å². The van der Waals surface area contributed by atoms with Crippen LogP contribution in [0.4, 0.5) is 5.69 Å². The van der Waals surface area contributed by atoms with Gasteiger partial charge >= 0.3 is 0 Å². The van der Waals surface area contributed by atoms with Crippen LogP contribution in [0.2, 0.25) is 5.02 Å². The molecule has 0 bridgehead atoms. The Morgan fingerprint density at radius 2 is 1.67 bits per heavy atom. The van der Waals surface area contributed by atoms with Crippen molar-refractivity contribution in [2.45, 2.75) is 38.1 Å². The van der Waals surface area contributed by atoms with Crippen LogP contribution in [0.15, 0.2) is 24.3 Å². The Labute approximate surface area is 96.0 Å². The molecule has 0 heterocycles. The van der Waals surface area contributed by atoms with E-state index >= 15 is 0 Å². The standard InChI is InChI=1S/C12H17ClN2/c13-10-6-8-12(9-7-10)15-14-11-4-2-1-3-5-11/h6-9,11,14-15H,1-5H2. The summed E-state index contributed by atoms with van der Waals surface area (Å²) in [7, 11) is 0. The highest BCUT2D eigenvalue weighted by Gasteiger charge is 2.11. The van der Waals surface area contributed by atoms with E-state index < -0.39 is 0 Å². The van der Waals surface area contributed by atoms with Crippen molar-refractivity contribution in [3.63, 3.8) is 0 Å². The maximum absolute atomic E-state index is 5.81. The maximum atomic E-state index is 5.81. The van der Waals surface area contributed by atoms with Gasteiger partial charge in [0, 0.05) is 16.8 Å². The molecule has 0 radical (unpaired) electrons. The molecule has 1 saturated carbocycles. The first-order chi connectivity index (χ1) is 7.34. The molecule has 1 fully saturated rings. The number of rotatable bonds is 3. The van der Waals surface area contributed by atoms with Crippen LogP contribution in [0.5, 0.6) is 0 Å². The van der Waals surface area contributed by atoms with Crippen LogP contribution in [-0.4, -0.2) is 6.04 Å². The maximum Gasteiger partial charge on any atom is 0.0488 e. The molecular weight excluding hydrogens is 208 g/mol. The highest BCUT2D eigenvalue weighted by Crippen LogP contribution is 2.18. The molecule has 0 atom stereocenters. The van der Waals surface area contributed by atoms with Crippen LogP contribution >= 0.6 is 11.6 Å². The molecule has 2 nitrogen and oxygen atoms in total. The summed E-state index contributed by atoms with van der Waals surface area (Å²) in [6.45, 7) is 0.